The molecule has 0 aromatic heterocycles. The van der Waals surface area contributed by atoms with Gasteiger partial charge in [0, 0.05) is 24.0 Å². The molecule has 74 heavy (non-hydrogen) atoms. The Balaban J connectivity index is 0.908. The predicted octanol–water partition coefficient (Wildman–Crippen LogP) is 13.7. The van der Waals surface area contributed by atoms with E-state index in [1.165, 1.54) is 25.7 Å². The minimum atomic E-state index is -0.774. The van der Waals surface area contributed by atoms with Crippen molar-refractivity contribution >= 4 is 35.5 Å². The second-order valence-corrected chi connectivity index (χ2v) is 19.3. The maximum Gasteiger partial charge on any atom is 0.338 e. The van der Waals surface area contributed by atoms with E-state index in [1.54, 1.807) is 109 Å². The van der Waals surface area contributed by atoms with E-state index in [2.05, 4.69) is 10.6 Å². The standard InChI is InChI=1S/C63H78N2O9/c1-49(64-59(67)50-34-20-15-21-35-50)57(73-62(70)53-40-26-18-27-41-53)46-32-14-10-12-31-45-55(66)44-30-11-8-6-4-2-3-5-7-9-13-33-47-58(74-63(71)54-42-28-19-29-43-54)56(65-60(68)51-36-22-16-23-37-51)48-72-61(69)52-38-24-17-25-39-52/h15-29,34-43,49,56-58H,2-14,30-33,44-48H2,1H3,(H,64,67)(H,65,68)/t49-,56+,57-,58-/m1/s1. The molecular weight excluding hydrogens is 929 g/mol. The monoisotopic (exact) mass is 1010 g/mol. The van der Waals surface area contributed by atoms with Crippen LogP contribution in [0.1, 0.15) is 194 Å². The highest BCUT2D eigenvalue weighted by Gasteiger charge is 2.30. The molecule has 0 aliphatic heterocycles. The van der Waals surface area contributed by atoms with Gasteiger partial charge in [-0.1, -0.05) is 174 Å². The van der Waals surface area contributed by atoms with Gasteiger partial charge in [-0.15, -0.1) is 0 Å². The Bertz CT molecular complexity index is 2380. The number of ether oxygens (including phenoxy) is 3. The minimum absolute atomic E-state index is 0.164. The molecule has 0 spiro atoms. The molecule has 0 heterocycles. The van der Waals surface area contributed by atoms with Crippen LogP contribution in [0.5, 0.6) is 0 Å². The number of unbranched alkanes of at least 4 members (excludes halogenated alkanes) is 15. The van der Waals surface area contributed by atoms with Gasteiger partial charge in [0.2, 0.25) is 0 Å². The van der Waals surface area contributed by atoms with Gasteiger partial charge in [-0.3, -0.25) is 14.4 Å². The fourth-order valence-corrected chi connectivity index (χ4v) is 8.95. The third-order valence-corrected chi connectivity index (χ3v) is 13.3. The van der Waals surface area contributed by atoms with Crippen molar-refractivity contribution in [1.82, 2.24) is 10.6 Å². The number of rotatable bonds is 36. The van der Waals surface area contributed by atoms with Gasteiger partial charge < -0.3 is 24.8 Å². The molecule has 2 amide bonds. The molecule has 0 bridgehead atoms. The van der Waals surface area contributed by atoms with Gasteiger partial charge >= 0.3 is 17.9 Å². The van der Waals surface area contributed by atoms with E-state index in [4.69, 9.17) is 14.2 Å². The normalized spacial score (nSPS) is 12.6. The highest BCUT2D eigenvalue weighted by molar-refractivity contribution is 5.95. The van der Waals surface area contributed by atoms with E-state index < -0.39 is 36.2 Å². The Hall–Kier alpha value is -6.88. The minimum Gasteiger partial charge on any atom is -0.460 e. The Labute approximate surface area is 439 Å². The highest BCUT2D eigenvalue weighted by Crippen LogP contribution is 2.20. The molecule has 0 unspecified atom stereocenters. The van der Waals surface area contributed by atoms with Gasteiger partial charge in [-0.25, -0.2) is 14.4 Å². The number of amides is 2. The van der Waals surface area contributed by atoms with E-state index in [9.17, 15) is 28.8 Å². The van der Waals surface area contributed by atoms with Crippen molar-refractivity contribution in [3.8, 4) is 0 Å². The van der Waals surface area contributed by atoms with Crippen molar-refractivity contribution in [2.45, 2.75) is 166 Å². The first kappa shape index (κ1) is 58.0. The zero-order valence-electron chi connectivity index (χ0n) is 43.5. The second kappa shape index (κ2) is 34.5. The molecule has 394 valence electrons. The summed E-state index contributed by atoms with van der Waals surface area (Å²) in [5.74, 6) is -1.61. The Morgan fingerprint density at radius 1 is 0.365 bits per heavy atom. The van der Waals surface area contributed by atoms with Gasteiger partial charge in [-0.2, -0.15) is 0 Å². The van der Waals surface area contributed by atoms with Gasteiger partial charge in [0.15, 0.2) is 0 Å². The quantitative estimate of drug-likeness (QED) is 0.0227. The Morgan fingerprint density at radius 2 is 0.676 bits per heavy atom. The van der Waals surface area contributed by atoms with Crippen LogP contribution in [-0.2, 0) is 19.0 Å². The second-order valence-electron chi connectivity index (χ2n) is 19.3. The van der Waals surface area contributed by atoms with Crippen molar-refractivity contribution in [3.05, 3.63) is 179 Å². The van der Waals surface area contributed by atoms with Crippen molar-refractivity contribution in [3.63, 3.8) is 0 Å². The van der Waals surface area contributed by atoms with E-state index in [0.29, 0.717) is 59.3 Å². The van der Waals surface area contributed by atoms with Crippen LogP contribution in [0.25, 0.3) is 0 Å². The lowest BCUT2D eigenvalue weighted by atomic mass is 10.0. The molecule has 0 aliphatic rings. The molecule has 0 fully saturated rings. The third-order valence-electron chi connectivity index (χ3n) is 13.3. The van der Waals surface area contributed by atoms with Crippen LogP contribution >= 0.6 is 0 Å². The summed E-state index contributed by atoms with van der Waals surface area (Å²) in [7, 11) is 0. The summed E-state index contributed by atoms with van der Waals surface area (Å²) in [6.07, 6.45) is 18.9. The lowest BCUT2D eigenvalue weighted by molar-refractivity contribution is -0.119. The molecule has 11 nitrogen and oxygen atoms in total. The van der Waals surface area contributed by atoms with Crippen LogP contribution in [0.15, 0.2) is 152 Å². The molecule has 2 N–H and O–H groups in total. The van der Waals surface area contributed by atoms with Crippen molar-refractivity contribution in [2.24, 2.45) is 0 Å². The maximum atomic E-state index is 13.4. The SMILES string of the molecule is C[C@@H](NC(=O)c1ccccc1)[C@@H](CCCCCCCC(=O)CCCCCCCCCCCCCC[C@@H](OC(=O)c1ccccc1)[C@H](COC(=O)c1ccccc1)NC(=O)c1ccccc1)OC(=O)c1ccccc1. The van der Waals surface area contributed by atoms with Crippen LogP contribution in [-0.4, -0.2) is 66.4 Å². The first-order valence-electron chi connectivity index (χ1n) is 27.2. The van der Waals surface area contributed by atoms with Gasteiger partial charge in [0.25, 0.3) is 11.8 Å². The number of esters is 3. The number of Topliss-reactive ketones (excluding diaryl/α,β-unsaturated/α-hetero) is 1. The molecule has 5 aromatic rings. The predicted molar refractivity (Wildman–Crippen MR) is 291 cm³/mol. The van der Waals surface area contributed by atoms with E-state index >= 15 is 0 Å². The number of benzene rings is 5. The molecular formula is C63H78N2O9. The van der Waals surface area contributed by atoms with Gasteiger partial charge in [0.1, 0.15) is 30.6 Å². The number of ketones is 1. The number of hydrogen-bond acceptors (Lipinski definition) is 9. The molecule has 0 aliphatic carbocycles. The van der Waals surface area contributed by atoms with Gasteiger partial charge in [0.05, 0.1) is 22.7 Å². The summed E-state index contributed by atoms with van der Waals surface area (Å²) in [5, 5.41) is 6.02. The molecule has 11 heteroatoms. The lowest BCUT2D eigenvalue weighted by Gasteiger charge is -2.28. The van der Waals surface area contributed by atoms with Crippen LogP contribution in [0.2, 0.25) is 0 Å². The lowest BCUT2D eigenvalue weighted by Crippen LogP contribution is -2.48. The van der Waals surface area contributed by atoms with Crippen molar-refractivity contribution in [1.29, 1.82) is 0 Å². The summed E-state index contributed by atoms with van der Waals surface area (Å²) >= 11 is 0. The van der Waals surface area contributed by atoms with Crippen LogP contribution in [0, 0.1) is 0 Å². The largest absolute Gasteiger partial charge is 0.460 e. The summed E-state index contributed by atoms with van der Waals surface area (Å²) in [6.45, 7) is 1.71. The zero-order chi connectivity index (χ0) is 52.4. The molecule has 4 atom stereocenters. The fraction of sp³-hybridized carbons (Fsp3) is 0.429. The number of hydrogen-bond donors (Lipinski definition) is 2. The first-order chi connectivity index (χ1) is 36.2. The van der Waals surface area contributed by atoms with Crippen LogP contribution in [0.4, 0.5) is 0 Å². The van der Waals surface area contributed by atoms with E-state index in [-0.39, 0.29) is 24.5 Å². The fourth-order valence-electron chi connectivity index (χ4n) is 8.95. The Kier molecular flexibility index (Phi) is 27.1. The highest BCUT2D eigenvalue weighted by atomic mass is 16.6. The van der Waals surface area contributed by atoms with Gasteiger partial charge in [-0.05, 0) is 106 Å². The Morgan fingerprint density at radius 3 is 1.08 bits per heavy atom. The first-order valence-corrected chi connectivity index (χ1v) is 27.2. The summed E-state index contributed by atoms with van der Waals surface area (Å²) in [4.78, 5) is 78.1. The summed E-state index contributed by atoms with van der Waals surface area (Å²) in [6, 6.07) is 43.0. The van der Waals surface area contributed by atoms with E-state index in [1.807, 2.05) is 49.4 Å². The maximum absolute atomic E-state index is 13.4. The number of carbonyl (C=O) groups is 6. The summed E-state index contributed by atoms with van der Waals surface area (Å²) < 4.78 is 17.7. The van der Waals surface area contributed by atoms with Crippen LogP contribution in [0.3, 0.4) is 0 Å². The average Bonchev–Trinajstić information content (AvgIpc) is 3.44. The zero-order valence-corrected chi connectivity index (χ0v) is 43.5. The number of carbonyl (C=O) groups excluding carboxylic acids is 6. The topological polar surface area (TPSA) is 154 Å². The van der Waals surface area contributed by atoms with Crippen LogP contribution < -0.4 is 10.6 Å². The number of nitrogens with one attached hydrogen (secondary N) is 2. The molecule has 0 saturated heterocycles. The molecule has 0 saturated carbocycles. The smallest absolute Gasteiger partial charge is 0.338 e. The molecule has 5 aromatic carbocycles. The molecule has 5 rings (SSSR count). The van der Waals surface area contributed by atoms with Crippen molar-refractivity contribution in [2.75, 3.05) is 6.61 Å². The summed E-state index contributed by atoms with van der Waals surface area (Å²) in [5.41, 5.74) is 2.29. The average molecular weight is 1010 g/mol. The molecule has 0 radical (unpaired) electrons. The van der Waals surface area contributed by atoms with Crippen molar-refractivity contribution < 1.29 is 43.0 Å². The third kappa shape index (κ3) is 22.5. The van der Waals surface area contributed by atoms with E-state index in [0.717, 1.165) is 83.5 Å².